The summed E-state index contributed by atoms with van der Waals surface area (Å²) in [6, 6.07) is 15.6. The monoisotopic (exact) mass is 431 g/mol. The zero-order valence-electron chi connectivity index (χ0n) is 18.1. The number of carbonyl (C=O) groups is 2. The number of hydrogen-bond acceptors (Lipinski definition) is 4. The summed E-state index contributed by atoms with van der Waals surface area (Å²) in [5, 5.41) is 2.98. The lowest BCUT2D eigenvalue weighted by molar-refractivity contribution is -0.123. The van der Waals surface area contributed by atoms with E-state index < -0.39 is 0 Å². The lowest BCUT2D eigenvalue weighted by atomic mass is 9.96. The van der Waals surface area contributed by atoms with Crippen LogP contribution in [0.25, 0.3) is 0 Å². The number of anilines is 1. The van der Waals surface area contributed by atoms with Crippen LogP contribution >= 0.6 is 0 Å². The van der Waals surface area contributed by atoms with E-state index in [9.17, 15) is 9.59 Å². The SMILES string of the molecule is NC(=O)C1CCN(CCc2ccc(NC(=O)c3cccc(Cn4ccnc4)c3)cc2)CC1. The molecule has 1 aliphatic heterocycles. The lowest BCUT2D eigenvalue weighted by Crippen LogP contribution is -2.39. The molecule has 0 spiro atoms. The number of benzene rings is 2. The van der Waals surface area contributed by atoms with Crippen LogP contribution in [0.1, 0.15) is 34.3 Å². The summed E-state index contributed by atoms with van der Waals surface area (Å²) in [5.74, 6) is -0.268. The number of amides is 2. The van der Waals surface area contributed by atoms with Crippen LogP contribution in [-0.2, 0) is 17.8 Å². The number of hydrogen-bond donors (Lipinski definition) is 2. The summed E-state index contributed by atoms with van der Waals surface area (Å²) in [5.41, 5.74) is 9.09. The highest BCUT2D eigenvalue weighted by Gasteiger charge is 2.22. The number of likely N-dealkylation sites (tertiary alicyclic amines) is 1. The molecule has 1 aromatic heterocycles. The smallest absolute Gasteiger partial charge is 0.255 e. The maximum Gasteiger partial charge on any atom is 0.255 e. The fourth-order valence-electron chi connectivity index (χ4n) is 4.09. The molecule has 7 nitrogen and oxygen atoms in total. The summed E-state index contributed by atoms with van der Waals surface area (Å²) >= 11 is 0. The Bertz CT molecular complexity index is 1040. The summed E-state index contributed by atoms with van der Waals surface area (Å²) in [4.78, 5) is 30.4. The zero-order valence-corrected chi connectivity index (χ0v) is 18.1. The van der Waals surface area contributed by atoms with E-state index in [0.717, 1.165) is 50.1 Å². The average molecular weight is 432 g/mol. The first-order valence-electron chi connectivity index (χ1n) is 11.0. The number of nitrogens with two attached hydrogens (primary N) is 1. The quantitative estimate of drug-likeness (QED) is 0.574. The van der Waals surface area contributed by atoms with E-state index >= 15 is 0 Å². The van der Waals surface area contributed by atoms with Crippen LogP contribution in [0.3, 0.4) is 0 Å². The van der Waals surface area contributed by atoms with Crippen molar-refractivity contribution >= 4 is 17.5 Å². The maximum absolute atomic E-state index is 12.7. The van der Waals surface area contributed by atoms with Gasteiger partial charge in [0.05, 0.1) is 6.33 Å². The number of aromatic nitrogens is 2. The number of nitrogens with zero attached hydrogens (tertiary/aromatic N) is 3. The molecule has 1 saturated heterocycles. The van der Waals surface area contributed by atoms with Crippen LogP contribution in [-0.4, -0.2) is 45.9 Å². The van der Waals surface area contributed by atoms with Crippen molar-refractivity contribution in [2.24, 2.45) is 11.7 Å². The van der Waals surface area contributed by atoms with Crippen LogP contribution in [0, 0.1) is 5.92 Å². The van der Waals surface area contributed by atoms with Crippen LogP contribution in [0.2, 0.25) is 0 Å². The molecule has 166 valence electrons. The van der Waals surface area contributed by atoms with Gasteiger partial charge in [-0.15, -0.1) is 0 Å². The van der Waals surface area contributed by atoms with Crippen LogP contribution < -0.4 is 11.1 Å². The van der Waals surface area contributed by atoms with Gasteiger partial charge in [-0.2, -0.15) is 0 Å². The van der Waals surface area contributed by atoms with E-state index in [0.29, 0.717) is 12.1 Å². The van der Waals surface area contributed by atoms with Gasteiger partial charge < -0.3 is 20.5 Å². The molecule has 3 N–H and O–H groups in total. The summed E-state index contributed by atoms with van der Waals surface area (Å²) in [7, 11) is 0. The summed E-state index contributed by atoms with van der Waals surface area (Å²) < 4.78 is 1.97. The van der Waals surface area contributed by atoms with Crippen LogP contribution in [0.5, 0.6) is 0 Å². The molecule has 7 heteroatoms. The van der Waals surface area contributed by atoms with Crippen LogP contribution in [0.15, 0.2) is 67.3 Å². The van der Waals surface area contributed by atoms with Gasteiger partial charge in [0.25, 0.3) is 5.91 Å². The van der Waals surface area contributed by atoms with Gasteiger partial charge in [0.2, 0.25) is 5.91 Å². The number of piperidine rings is 1. The Balaban J connectivity index is 1.27. The van der Waals surface area contributed by atoms with E-state index in [4.69, 9.17) is 5.73 Å². The first kappa shape index (κ1) is 21.8. The molecule has 2 amide bonds. The second kappa shape index (κ2) is 10.2. The molecular weight excluding hydrogens is 402 g/mol. The van der Waals surface area contributed by atoms with Gasteiger partial charge in [-0.25, -0.2) is 4.98 Å². The van der Waals surface area contributed by atoms with Gasteiger partial charge in [-0.1, -0.05) is 24.3 Å². The first-order valence-corrected chi connectivity index (χ1v) is 11.0. The zero-order chi connectivity index (χ0) is 22.3. The van der Waals surface area contributed by atoms with Gasteiger partial charge in [0, 0.05) is 42.7 Å². The normalized spacial score (nSPS) is 14.9. The summed E-state index contributed by atoms with van der Waals surface area (Å²) in [6.45, 7) is 3.47. The number of rotatable bonds is 8. The largest absolute Gasteiger partial charge is 0.369 e. The van der Waals surface area contributed by atoms with Gasteiger partial charge in [-0.3, -0.25) is 9.59 Å². The standard InChI is InChI=1S/C25H29N5O2/c26-24(31)21-9-13-29(14-10-21)12-8-19-4-6-23(7-5-19)28-25(32)22-3-1-2-20(16-22)17-30-15-11-27-18-30/h1-7,11,15-16,18,21H,8-10,12-14,17H2,(H2,26,31)(H,28,32). The Morgan fingerprint density at radius 2 is 1.84 bits per heavy atom. The first-order chi connectivity index (χ1) is 15.6. The minimum absolute atomic E-state index is 0.0285. The van der Waals surface area contributed by atoms with Crippen molar-refractivity contribution in [2.75, 3.05) is 25.0 Å². The second-order valence-electron chi connectivity index (χ2n) is 8.35. The Labute approximate surface area is 188 Å². The van der Waals surface area contributed by atoms with E-state index in [2.05, 4.69) is 27.3 Å². The average Bonchev–Trinajstić information content (AvgIpc) is 3.32. The van der Waals surface area contributed by atoms with Gasteiger partial charge in [0.15, 0.2) is 0 Å². The topological polar surface area (TPSA) is 93.3 Å². The van der Waals surface area contributed by atoms with E-state index in [-0.39, 0.29) is 17.7 Å². The van der Waals surface area contributed by atoms with Crippen molar-refractivity contribution in [1.29, 1.82) is 0 Å². The van der Waals surface area contributed by atoms with Crippen molar-refractivity contribution in [1.82, 2.24) is 14.5 Å². The molecule has 2 heterocycles. The molecule has 2 aromatic carbocycles. The minimum atomic E-state index is -0.174. The molecule has 3 aromatic rings. The Hall–Kier alpha value is -3.45. The maximum atomic E-state index is 12.7. The van der Waals surface area contributed by atoms with E-state index in [1.807, 2.05) is 47.2 Å². The van der Waals surface area contributed by atoms with E-state index in [1.165, 1.54) is 5.56 Å². The number of imidazole rings is 1. The molecule has 1 fully saturated rings. The molecular formula is C25H29N5O2. The molecule has 32 heavy (non-hydrogen) atoms. The van der Waals surface area contributed by atoms with Crippen molar-refractivity contribution in [3.8, 4) is 0 Å². The fourth-order valence-corrected chi connectivity index (χ4v) is 4.09. The van der Waals surface area contributed by atoms with Crippen molar-refractivity contribution in [3.63, 3.8) is 0 Å². The van der Waals surface area contributed by atoms with Gasteiger partial charge >= 0.3 is 0 Å². The lowest BCUT2D eigenvalue weighted by Gasteiger charge is -2.30. The Kier molecular flexibility index (Phi) is 6.97. The van der Waals surface area contributed by atoms with Crippen LogP contribution in [0.4, 0.5) is 5.69 Å². The van der Waals surface area contributed by atoms with E-state index in [1.54, 1.807) is 12.5 Å². The third-order valence-corrected chi connectivity index (χ3v) is 6.03. The van der Waals surface area contributed by atoms with Gasteiger partial charge in [0.1, 0.15) is 0 Å². The Morgan fingerprint density at radius 3 is 2.53 bits per heavy atom. The minimum Gasteiger partial charge on any atom is -0.369 e. The molecule has 4 rings (SSSR count). The van der Waals surface area contributed by atoms with Crippen molar-refractivity contribution in [3.05, 3.63) is 83.9 Å². The predicted octanol–water partition coefficient (Wildman–Crippen LogP) is 2.92. The van der Waals surface area contributed by atoms with Gasteiger partial charge in [-0.05, 0) is 67.7 Å². The third kappa shape index (κ3) is 5.82. The Morgan fingerprint density at radius 1 is 1.06 bits per heavy atom. The number of nitrogens with one attached hydrogen (secondary N) is 1. The van der Waals surface area contributed by atoms with Crippen molar-refractivity contribution < 1.29 is 9.59 Å². The molecule has 0 unspecified atom stereocenters. The number of primary amides is 1. The predicted molar refractivity (Wildman–Crippen MR) is 124 cm³/mol. The van der Waals surface area contributed by atoms with Crippen molar-refractivity contribution in [2.45, 2.75) is 25.8 Å². The highest BCUT2D eigenvalue weighted by molar-refractivity contribution is 6.04. The molecule has 1 aliphatic rings. The number of carbonyl (C=O) groups excluding carboxylic acids is 2. The highest BCUT2D eigenvalue weighted by Crippen LogP contribution is 2.18. The summed E-state index contributed by atoms with van der Waals surface area (Å²) in [6.07, 6.45) is 8.04. The molecule has 0 atom stereocenters. The molecule has 0 radical (unpaired) electrons. The molecule has 0 saturated carbocycles. The molecule has 0 bridgehead atoms. The second-order valence-corrected chi connectivity index (χ2v) is 8.35. The fraction of sp³-hybridized carbons (Fsp3) is 0.320. The molecule has 0 aliphatic carbocycles. The highest BCUT2D eigenvalue weighted by atomic mass is 16.2. The third-order valence-electron chi connectivity index (χ3n) is 6.03.